The van der Waals surface area contributed by atoms with Crippen LogP contribution in [0.4, 0.5) is 0 Å². The first-order chi connectivity index (χ1) is 19.1. The van der Waals surface area contributed by atoms with Crippen LogP contribution in [0.15, 0.2) is 66.7 Å². The Bertz CT molecular complexity index is 1300. The summed E-state index contributed by atoms with van der Waals surface area (Å²) in [6.07, 6.45) is -0.620. The highest BCUT2D eigenvalue weighted by molar-refractivity contribution is 6.69. The van der Waals surface area contributed by atoms with Crippen LogP contribution in [-0.2, 0) is 13.9 Å². The van der Waals surface area contributed by atoms with Gasteiger partial charge in [0.05, 0.1) is 31.8 Å². The van der Waals surface area contributed by atoms with Crippen molar-refractivity contribution in [3.05, 3.63) is 89.0 Å². The van der Waals surface area contributed by atoms with Gasteiger partial charge in [0, 0.05) is 17.2 Å². The molecule has 0 saturated carbocycles. The Balaban J connectivity index is 1.51. The molecule has 0 saturated heterocycles. The molecule has 0 bridgehead atoms. The van der Waals surface area contributed by atoms with Crippen molar-refractivity contribution in [3.8, 4) is 17.2 Å². The fourth-order valence-corrected chi connectivity index (χ4v) is 4.94. The second-order valence-electron chi connectivity index (χ2n) is 10.5. The van der Waals surface area contributed by atoms with E-state index < -0.39 is 26.3 Å². The van der Waals surface area contributed by atoms with E-state index in [1.807, 2.05) is 37.3 Å². The summed E-state index contributed by atoms with van der Waals surface area (Å²) in [6.45, 7) is 9.55. The van der Waals surface area contributed by atoms with Crippen molar-refractivity contribution in [2.24, 2.45) is 5.92 Å². The standard InChI is InChI=1S/C31H36O8Si/c1-21-6-8-22(9-7-21)29(32)27-19-36-28-18-25(37-20-35-16-17-38-40(3,4)5)14-15-26(28)30(27)39-24-12-10-23(11-13-24)31(33)34-2/h6-15,18,27,30H,16-17,19-20H2,1-5H3. The Morgan fingerprint density at radius 2 is 1.57 bits per heavy atom. The van der Waals surface area contributed by atoms with E-state index in [0.29, 0.717) is 41.6 Å². The van der Waals surface area contributed by atoms with Gasteiger partial charge in [-0.3, -0.25) is 4.79 Å². The second-order valence-corrected chi connectivity index (χ2v) is 15.0. The van der Waals surface area contributed by atoms with Crippen molar-refractivity contribution in [1.82, 2.24) is 0 Å². The first-order valence-corrected chi connectivity index (χ1v) is 16.6. The largest absolute Gasteiger partial charge is 0.492 e. The van der Waals surface area contributed by atoms with Crippen molar-refractivity contribution in [3.63, 3.8) is 0 Å². The van der Waals surface area contributed by atoms with Crippen molar-refractivity contribution < 1.29 is 37.7 Å². The first kappa shape index (κ1) is 29.3. The van der Waals surface area contributed by atoms with Crippen LogP contribution >= 0.6 is 0 Å². The summed E-state index contributed by atoms with van der Waals surface area (Å²) in [5.74, 6) is 0.572. The molecule has 3 aromatic carbocycles. The Hall–Kier alpha value is -3.66. The highest BCUT2D eigenvalue weighted by Gasteiger charge is 2.38. The number of methoxy groups -OCH3 is 1. The average molecular weight is 565 g/mol. The quantitative estimate of drug-likeness (QED) is 0.0870. The molecule has 0 N–H and O–H groups in total. The molecule has 0 spiro atoms. The zero-order chi connectivity index (χ0) is 28.7. The molecule has 4 rings (SSSR count). The van der Waals surface area contributed by atoms with Crippen LogP contribution in [0, 0.1) is 12.8 Å². The zero-order valence-corrected chi connectivity index (χ0v) is 24.6. The summed E-state index contributed by atoms with van der Waals surface area (Å²) in [5.41, 5.74) is 2.80. The van der Waals surface area contributed by atoms with Gasteiger partial charge in [-0.05, 0) is 63.0 Å². The summed E-state index contributed by atoms with van der Waals surface area (Å²) in [7, 11) is -0.241. The normalized spacial score (nSPS) is 16.4. The Morgan fingerprint density at radius 3 is 2.25 bits per heavy atom. The first-order valence-electron chi connectivity index (χ1n) is 13.2. The van der Waals surface area contributed by atoms with E-state index in [2.05, 4.69) is 19.6 Å². The second kappa shape index (κ2) is 13.1. The molecular weight excluding hydrogens is 528 g/mol. The minimum Gasteiger partial charge on any atom is -0.492 e. The van der Waals surface area contributed by atoms with Gasteiger partial charge < -0.3 is 28.1 Å². The van der Waals surface area contributed by atoms with Gasteiger partial charge in [0.1, 0.15) is 30.0 Å². The average Bonchev–Trinajstić information content (AvgIpc) is 2.94. The number of Topliss-reactive ketones (excluding diaryl/α,β-unsaturated/α-hetero) is 1. The predicted molar refractivity (Wildman–Crippen MR) is 153 cm³/mol. The summed E-state index contributed by atoms with van der Waals surface area (Å²) in [4.78, 5) is 25.4. The lowest BCUT2D eigenvalue weighted by atomic mass is 9.86. The fraction of sp³-hybridized carbons (Fsp3) is 0.355. The minimum absolute atomic E-state index is 0.0731. The van der Waals surface area contributed by atoms with Crippen LogP contribution in [0.2, 0.25) is 19.6 Å². The van der Waals surface area contributed by atoms with Gasteiger partial charge >= 0.3 is 5.97 Å². The molecule has 0 aliphatic carbocycles. The maximum Gasteiger partial charge on any atom is 0.337 e. The highest BCUT2D eigenvalue weighted by Crippen LogP contribution is 2.41. The Labute approximate surface area is 236 Å². The molecular formula is C31H36O8Si. The molecule has 212 valence electrons. The molecule has 1 aliphatic rings. The molecule has 0 radical (unpaired) electrons. The molecule has 2 unspecified atom stereocenters. The van der Waals surface area contributed by atoms with Crippen molar-refractivity contribution in [2.75, 3.05) is 33.7 Å². The lowest BCUT2D eigenvalue weighted by Gasteiger charge is -2.33. The molecule has 0 amide bonds. The molecule has 40 heavy (non-hydrogen) atoms. The maximum absolute atomic E-state index is 13.6. The van der Waals surface area contributed by atoms with Crippen molar-refractivity contribution in [1.29, 1.82) is 0 Å². The predicted octanol–water partition coefficient (Wildman–Crippen LogP) is 6.00. The maximum atomic E-state index is 13.6. The molecule has 0 aromatic heterocycles. The van der Waals surface area contributed by atoms with Gasteiger partial charge in [0.2, 0.25) is 0 Å². The molecule has 9 heteroatoms. The summed E-state index contributed by atoms with van der Waals surface area (Å²) in [6, 6.07) is 19.5. The molecule has 0 fully saturated rings. The Morgan fingerprint density at radius 1 is 0.900 bits per heavy atom. The van der Waals surface area contributed by atoms with Crippen molar-refractivity contribution in [2.45, 2.75) is 32.7 Å². The monoisotopic (exact) mass is 564 g/mol. The molecule has 8 nitrogen and oxygen atoms in total. The van der Waals surface area contributed by atoms with E-state index >= 15 is 0 Å². The highest BCUT2D eigenvalue weighted by atomic mass is 28.4. The van der Waals surface area contributed by atoms with E-state index in [1.54, 1.807) is 36.4 Å². The van der Waals surface area contributed by atoms with Gasteiger partial charge in [-0.15, -0.1) is 0 Å². The zero-order valence-electron chi connectivity index (χ0n) is 23.6. The lowest BCUT2D eigenvalue weighted by Crippen LogP contribution is -2.35. The number of hydrogen-bond donors (Lipinski definition) is 0. The minimum atomic E-state index is -1.57. The number of carbonyl (C=O) groups is 2. The van der Waals surface area contributed by atoms with E-state index in [0.717, 1.165) is 11.1 Å². The van der Waals surface area contributed by atoms with Crippen LogP contribution in [0.25, 0.3) is 0 Å². The number of ether oxygens (including phenoxy) is 5. The number of benzene rings is 3. The fourth-order valence-electron chi connectivity index (χ4n) is 4.25. The SMILES string of the molecule is COC(=O)c1ccc(OC2c3ccc(OCOCCO[Si](C)(C)C)cc3OCC2C(=O)c2ccc(C)cc2)cc1. The number of rotatable bonds is 12. The summed E-state index contributed by atoms with van der Waals surface area (Å²) in [5, 5.41) is 0. The van der Waals surface area contributed by atoms with Crippen LogP contribution in [0.1, 0.15) is 37.9 Å². The Kier molecular flexibility index (Phi) is 9.62. The van der Waals surface area contributed by atoms with Gasteiger partial charge in [-0.1, -0.05) is 29.8 Å². The van der Waals surface area contributed by atoms with Crippen LogP contribution in [0.3, 0.4) is 0 Å². The van der Waals surface area contributed by atoms with E-state index in [1.165, 1.54) is 7.11 Å². The number of carbonyl (C=O) groups excluding carboxylic acids is 2. The number of fused-ring (bicyclic) bond motifs is 1. The topological polar surface area (TPSA) is 89.5 Å². The van der Waals surface area contributed by atoms with Gasteiger partial charge in [-0.2, -0.15) is 0 Å². The third kappa shape index (κ3) is 7.71. The van der Waals surface area contributed by atoms with Gasteiger partial charge in [-0.25, -0.2) is 4.79 Å². The number of aryl methyl sites for hydroxylation is 1. The third-order valence-corrected chi connectivity index (χ3v) is 7.43. The van der Waals surface area contributed by atoms with E-state index in [9.17, 15) is 9.59 Å². The van der Waals surface area contributed by atoms with Gasteiger partial charge in [0.15, 0.2) is 20.9 Å². The molecule has 3 aromatic rings. The lowest BCUT2D eigenvalue weighted by molar-refractivity contribution is 0.00114. The van der Waals surface area contributed by atoms with Gasteiger partial charge in [0.25, 0.3) is 0 Å². The molecule has 1 heterocycles. The van der Waals surface area contributed by atoms with Crippen LogP contribution < -0.4 is 14.2 Å². The molecule has 1 aliphatic heterocycles. The van der Waals surface area contributed by atoms with Crippen LogP contribution in [-0.4, -0.2) is 53.8 Å². The summed E-state index contributed by atoms with van der Waals surface area (Å²) < 4.78 is 34.3. The number of hydrogen-bond acceptors (Lipinski definition) is 8. The summed E-state index contributed by atoms with van der Waals surface area (Å²) >= 11 is 0. The van der Waals surface area contributed by atoms with E-state index in [-0.39, 0.29) is 19.2 Å². The van der Waals surface area contributed by atoms with E-state index in [4.69, 9.17) is 28.1 Å². The smallest absolute Gasteiger partial charge is 0.337 e. The number of ketones is 1. The van der Waals surface area contributed by atoms with Crippen LogP contribution in [0.5, 0.6) is 17.2 Å². The third-order valence-electron chi connectivity index (χ3n) is 6.36. The van der Waals surface area contributed by atoms with Crippen molar-refractivity contribution >= 4 is 20.1 Å². The number of esters is 1. The molecule has 2 atom stereocenters.